The Bertz CT molecular complexity index is 628. The van der Waals surface area contributed by atoms with Crippen LogP contribution in [0.15, 0.2) is 23.8 Å². The van der Waals surface area contributed by atoms with Crippen molar-refractivity contribution in [3.63, 3.8) is 0 Å². The lowest BCUT2D eigenvalue weighted by molar-refractivity contribution is -0.187. The maximum atomic E-state index is 13.0. The number of aliphatic carboxylic acids is 1. The molecule has 0 radical (unpaired) electrons. The fourth-order valence-corrected chi connectivity index (χ4v) is 2.07. The molecule has 1 aromatic carbocycles. The van der Waals surface area contributed by atoms with Gasteiger partial charge in [0.05, 0.1) is 12.2 Å². The van der Waals surface area contributed by atoms with E-state index in [-0.39, 0.29) is 17.8 Å². The predicted octanol–water partition coefficient (Wildman–Crippen LogP) is 4.75. The number of carboxylic acids is 1. The fraction of sp³-hybridized carbons (Fsp3) is 0.471. The predicted molar refractivity (Wildman–Crippen MR) is 82.9 cm³/mol. The number of carbonyl (C=O) groups is 1. The van der Waals surface area contributed by atoms with Crippen LogP contribution in [0.3, 0.4) is 0 Å². The van der Waals surface area contributed by atoms with E-state index >= 15 is 0 Å². The van der Waals surface area contributed by atoms with Crippen LogP contribution in [0.5, 0.6) is 5.75 Å². The number of halogens is 4. The lowest BCUT2D eigenvalue weighted by atomic mass is 9.86. The molecule has 1 aliphatic heterocycles. The van der Waals surface area contributed by atoms with Gasteiger partial charge < -0.3 is 9.84 Å². The highest BCUT2D eigenvalue weighted by molar-refractivity contribution is 5.95. The molecule has 1 N–H and O–H groups in total. The van der Waals surface area contributed by atoms with Crippen molar-refractivity contribution in [2.45, 2.75) is 45.4 Å². The molecule has 0 saturated heterocycles. The molecule has 1 heterocycles. The van der Waals surface area contributed by atoms with Gasteiger partial charge in [-0.2, -0.15) is 13.2 Å². The minimum absolute atomic E-state index is 0.0507. The summed E-state index contributed by atoms with van der Waals surface area (Å²) in [4.78, 5) is 11.0. The first kappa shape index (κ1) is 20.0. The lowest BCUT2D eigenvalue weighted by Crippen LogP contribution is -2.40. The van der Waals surface area contributed by atoms with Crippen LogP contribution in [-0.4, -0.2) is 30.0 Å². The maximum absolute atomic E-state index is 13.0. The minimum Gasteiger partial charge on any atom is -0.478 e. The molecule has 0 spiro atoms. The van der Waals surface area contributed by atoms with Crippen molar-refractivity contribution in [2.24, 2.45) is 0 Å². The van der Waals surface area contributed by atoms with E-state index in [2.05, 4.69) is 0 Å². The highest BCUT2D eigenvalue weighted by atomic mass is 19.4. The van der Waals surface area contributed by atoms with E-state index in [9.17, 15) is 22.4 Å². The number of fused-ring (bicyclic) bond motifs is 1. The van der Waals surface area contributed by atoms with Gasteiger partial charge in [-0.3, -0.25) is 4.39 Å². The normalized spacial score (nSPS) is 17.0. The molecule has 3 nitrogen and oxygen atoms in total. The summed E-state index contributed by atoms with van der Waals surface area (Å²) >= 11 is 0. The largest absolute Gasteiger partial charge is 0.478 e. The van der Waals surface area contributed by atoms with Crippen molar-refractivity contribution in [2.75, 3.05) is 6.67 Å². The van der Waals surface area contributed by atoms with E-state index in [4.69, 9.17) is 9.84 Å². The summed E-state index contributed by atoms with van der Waals surface area (Å²) in [5.74, 6) is -1.59. The highest BCUT2D eigenvalue weighted by Gasteiger charge is 2.48. The van der Waals surface area contributed by atoms with Crippen molar-refractivity contribution >= 4 is 12.0 Å². The van der Waals surface area contributed by atoms with Gasteiger partial charge in [-0.15, -0.1) is 0 Å². The zero-order valence-corrected chi connectivity index (χ0v) is 13.9. The summed E-state index contributed by atoms with van der Waals surface area (Å²) in [5.41, 5.74) is 0.0943. The van der Waals surface area contributed by atoms with Gasteiger partial charge >= 0.3 is 12.1 Å². The Labute approximate surface area is 137 Å². The van der Waals surface area contributed by atoms with E-state index in [1.165, 1.54) is 13.0 Å². The third-order valence-electron chi connectivity index (χ3n) is 3.26. The van der Waals surface area contributed by atoms with E-state index in [0.717, 1.165) is 11.6 Å². The van der Waals surface area contributed by atoms with E-state index in [0.29, 0.717) is 5.56 Å². The van der Waals surface area contributed by atoms with Crippen molar-refractivity contribution < 1.29 is 32.2 Å². The van der Waals surface area contributed by atoms with Gasteiger partial charge in [0.1, 0.15) is 5.75 Å². The second-order valence-electron chi connectivity index (χ2n) is 6.21. The smallest absolute Gasteiger partial charge is 0.430 e. The molecule has 0 bridgehead atoms. The molecule has 0 aliphatic carbocycles. The third kappa shape index (κ3) is 4.72. The van der Waals surface area contributed by atoms with Gasteiger partial charge in [-0.05, 0) is 30.0 Å². The molecule has 1 atom stereocenters. The summed E-state index contributed by atoms with van der Waals surface area (Å²) in [6, 6.07) is 4.86. The Kier molecular flexibility index (Phi) is 6.03. The molecule has 1 aliphatic rings. The summed E-state index contributed by atoms with van der Waals surface area (Å²) in [6.45, 7) is 6.99. The molecule has 1 aromatic rings. The Hall–Kier alpha value is -2.05. The van der Waals surface area contributed by atoms with Crippen LogP contribution in [0, 0.1) is 0 Å². The van der Waals surface area contributed by atoms with Crippen LogP contribution in [0.2, 0.25) is 0 Å². The summed E-state index contributed by atoms with van der Waals surface area (Å²) < 4.78 is 54.1. The van der Waals surface area contributed by atoms with Gasteiger partial charge in [0.2, 0.25) is 6.10 Å². The first-order valence-electron chi connectivity index (χ1n) is 7.30. The molecule has 1 unspecified atom stereocenters. The van der Waals surface area contributed by atoms with Crippen molar-refractivity contribution in [3.8, 4) is 5.75 Å². The molecular weight excluding hydrogens is 328 g/mol. The van der Waals surface area contributed by atoms with Crippen LogP contribution in [0.1, 0.15) is 38.8 Å². The SMILES string of the molecule is CC(C)(C)c1ccc2c(c1)OC(C(F)(F)F)C(C(=O)O)=C2.CCF. The molecule has 7 heteroatoms. The summed E-state index contributed by atoms with van der Waals surface area (Å²) in [5, 5.41) is 8.93. The van der Waals surface area contributed by atoms with Crippen LogP contribution < -0.4 is 4.74 Å². The number of hydrogen-bond acceptors (Lipinski definition) is 2. The number of alkyl halides is 4. The molecule has 0 amide bonds. The number of hydrogen-bond donors (Lipinski definition) is 1. The molecule has 0 aromatic heterocycles. The standard InChI is InChI=1S/C15H15F3O3.C2H5F/c1-14(2,3)9-5-4-8-6-10(13(19)20)12(15(16,17)18)21-11(8)7-9;1-2-3/h4-7,12H,1-3H3,(H,19,20);2H2,1H3. The summed E-state index contributed by atoms with van der Waals surface area (Å²) in [7, 11) is 0. The highest BCUT2D eigenvalue weighted by Crippen LogP contribution is 2.39. The van der Waals surface area contributed by atoms with Crippen LogP contribution in [-0.2, 0) is 10.2 Å². The van der Waals surface area contributed by atoms with Crippen molar-refractivity contribution in [1.29, 1.82) is 0 Å². The molecule has 2 rings (SSSR count). The number of rotatable bonds is 1. The van der Waals surface area contributed by atoms with E-state index < -0.39 is 23.8 Å². The van der Waals surface area contributed by atoms with Crippen LogP contribution >= 0.6 is 0 Å². The minimum atomic E-state index is -4.78. The second-order valence-corrected chi connectivity index (χ2v) is 6.21. The first-order chi connectivity index (χ1) is 10.9. The Morgan fingerprint density at radius 3 is 2.21 bits per heavy atom. The maximum Gasteiger partial charge on any atom is 0.430 e. The van der Waals surface area contributed by atoms with Crippen LogP contribution in [0.25, 0.3) is 6.08 Å². The molecule has 134 valence electrons. The zero-order chi connectivity index (χ0) is 18.7. The number of ether oxygens (including phenoxy) is 1. The fourth-order valence-electron chi connectivity index (χ4n) is 2.07. The molecule has 24 heavy (non-hydrogen) atoms. The van der Waals surface area contributed by atoms with Gasteiger partial charge in [0.25, 0.3) is 0 Å². The van der Waals surface area contributed by atoms with E-state index in [1.807, 2.05) is 20.8 Å². The third-order valence-corrected chi connectivity index (χ3v) is 3.26. The Balaban J connectivity index is 0.000000891. The number of carboxylic acid groups (broad SMARTS) is 1. The lowest BCUT2D eigenvalue weighted by Gasteiger charge is -2.28. The Morgan fingerprint density at radius 1 is 1.25 bits per heavy atom. The topological polar surface area (TPSA) is 46.5 Å². The number of benzene rings is 1. The van der Waals surface area contributed by atoms with Gasteiger partial charge in [0, 0.05) is 5.56 Å². The van der Waals surface area contributed by atoms with Crippen molar-refractivity contribution in [3.05, 3.63) is 34.9 Å². The quantitative estimate of drug-likeness (QED) is 0.745. The summed E-state index contributed by atoms with van der Waals surface area (Å²) in [6.07, 6.45) is -6.21. The average Bonchev–Trinajstić information content (AvgIpc) is 2.44. The average molecular weight is 348 g/mol. The van der Waals surface area contributed by atoms with Gasteiger partial charge in [-0.1, -0.05) is 32.9 Å². The molecular formula is C17H20F4O3. The van der Waals surface area contributed by atoms with Crippen molar-refractivity contribution in [1.82, 2.24) is 0 Å². The second kappa shape index (κ2) is 7.23. The van der Waals surface area contributed by atoms with E-state index in [1.54, 1.807) is 12.1 Å². The van der Waals surface area contributed by atoms with Gasteiger partial charge in [0.15, 0.2) is 0 Å². The van der Waals surface area contributed by atoms with Crippen LogP contribution in [0.4, 0.5) is 17.6 Å². The molecule has 0 saturated carbocycles. The monoisotopic (exact) mass is 348 g/mol. The zero-order valence-electron chi connectivity index (χ0n) is 13.9. The molecule has 0 fully saturated rings. The van der Waals surface area contributed by atoms with Gasteiger partial charge in [-0.25, -0.2) is 4.79 Å². The first-order valence-corrected chi connectivity index (χ1v) is 7.30. The Morgan fingerprint density at radius 2 is 1.79 bits per heavy atom.